The molecule has 0 fully saturated rings. The molecule has 4 nitrogen and oxygen atoms in total. The highest BCUT2D eigenvalue weighted by atomic mass is 19.1. The zero-order chi connectivity index (χ0) is 11.4. The number of hydrogen-bond donors (Lipinski definition) is 2. The lowest BCUT2D eigenvalue weighted by atomic mass is 10.2. The number of carbonyl (C=O) groups is 1. The first-order valence-electron chi connectivity index (χ1n) is 4.23. The maximum atomic E-state index is 13.1. The number of rotatable bonds is 2. The molecule has 0 aliphatic heterocycles. The van der Waals surface area contributed by atoms with Crippen LogP contribution < -0.4 is 11.1 Å². The summed E-state index contributed by atoms with van der Waals surface area (Å²) in [5, 5.41) is 2.10. The summed E-state index contributed by atoms with van der Waals surface area (Å²) in [4.78, 5) is 10.9. The molecular weight excluding hydrogens is 206 g/mol. The molecule has 0 radical (unpaired) electrons. The number of halogens is 2. The predicted octanol–water partition coefficient (Wildman–Crippen LogP) is 2.12. The molecule has 0 heterocycles. The van der Waals surface area contributed by atoms with Gasteiger partial charge in [-0.2, -0.15) is 0 Å². The van der Waals surface area contributed by atoms with Crippen LogP contribution in [0.3, 0.4) is 0 Å². The van der Waals surface area contributed by atoms with Gasteiger partial charge in [-0.25, -0.2) is 13.6 Å². The maximum absolute atomic E-state index is 13.1. The van der Waals surface area contributed by atoms with E-state index in [1.54, 1.807) is 6.92 Å². The number of benzene rings is 1. The van der Waals surface area contributed by atoms with Crippen LogP contribution >= 0.6 is 0 Å². The lowest BCUT2D eigenvalue weighted by molar-refractivity contribution is 0.168. The summed E-state index contributed by atoms with van der Waals surface area (Å²) in [6.45, 7) is 1.76. The van der Waals surface area contributed by atoms with Crippen molar-refractivity contribution < 1.29 is 18.3 Å². The van der Waals surface area contributed by atoms with Crippen molar-refractivity contribution in [1.82, 2.24) is 0 Å². The highest BCUT2D eigenvalue weighted by Gasteiger charge is 2.10. The first kappa shape index (κ1) is 11.2. The van der Waals surface area contributed by atoms with Gasteiger partial charge in [0, 0.05) is 6.07 Å². The molecule has 0 atom stereocenters. The van der Waals surface area contributed by atoms with Crippen LogP contribution in [0.2, 0.25) is 0 Å². The third-order valence-corrected chi connectivity index (χ3v) is 1.60. The van der Waals surface area contributed by atoms with Gasteiger partial charge in [0.2, 0.25) is 0 Å². The molecule has 0 aliphatic carbocycles. The highest BCUT2D eigenvalue weighted by molar-refractivity contribution is 5.85. The minimum absolute atomic E-state index is 0.157. The van der Waals surface area contributed by atoms with E-state index in [4.69, 9.17) is 5.73 Å². The van der Waals surface area contributed by atoms with Crippen LogP contribution in [0.5, 0.6) is 0 Å². The minimum atomic E-state index is -0.908. The van der Waals surface area contributed by atoms with Crippen molar-refractivity contribution in [2.75, 3.05) is 17.7 Å². The molecule has 82 valence electrons. The largest absolute Gasteiger partial charge is 0.450 e. The van der Waals surface area contributed by atoms with E-state index in [-0.39, 0.29) is 18.0 Å². The molecule has 0 saturated heterocycles. The molecular formula is C9H10F2N2O2. The fourth-order valence-corrected chi connectivity index (χ4v) is 0.939. The summed E-state index contributed by atoms with van der Waals surface area (Å²) >= 11 is 0. The van der Waals surface area contributed by atoms with Gasteiger partial charge < -0.3 is 10.5 Å². The number of nitrogen functional groups attached to an aromatic ring is 1. The van der Waals surface area contributed by atoms with Crippen LogP contribution in [0.25, 0.3) is 0 Å². The van der Waals surface area contributed by atoms with E-state index in [0.29, 0.717) is 6.07 Å². The van der Waals surface area contributed by atoms with Gasteiger partial charge in [0.05, 0.1) is 18.0 Å². The standard InChI is InChI=1S/C9H10F2N2O2/c1-2-15-9(14)13-8-4-7(12)5(10)3-6(8)11/h3-4H,2,12H2,1H3,(H,13,14). The fourth-order valence-electron chi connectivity index (χ4n) is 0.939. The third-order valence-electron chi connectivity index (χ3n) is 1.60. The quantitative estimate of drug-likeness (QED) is 0.744. The van der Waals surface area contributed by atoms with Crippen LogP contribution in [0.4, 0.5) is 25.0 Å². The number of nitrogens with one attached hydrogen (secondary N) is 1. The molecule has 0 unspecified atom stereocenters. The van der Waals surface area contributed by atoms with Crippen molar-refractivity contribution in [3.05, 3.63) is 23.8 Å². The topological polar surface area (TPSA) is 64.3 Å². The Morgan fingerprint density at radius 1 is 1.47 bits per heavy atom. The Hall–Kier alpha value is -1.85. The maximum Gasteiger partial charge on any atom is 0.411 e. The minimum Gasteiger partial charge on any atom is -0.450 e. The number of anilines is 2. The molecule has 0 spiro atoms. The number of amides is 1. The Balaban J connectivity index is 2.86. The Morgan fingerprint density at radius 3 is 2.73 bits per heavy atom. The lowest BCUT2D eigenvalue weighted by Gasteiger charge is -2.07. The van der Waals surface area contributed by atoms with E-state index in [1.807, 2.05) is 0 Å². The fraction of sp³-hybridized carbons (Fsp3) is 0.222. The highest BCUT2D eigenvalue weighted by Crippen LogP contribution is 2.20. The van der Waals surface area contributed by atoms with Crippen LogP contribution in [-0.2, 0) is 4.74 Å². The second-order valence-electron chi connectivity index (χ2n) is 2.70. The van der Waals surface area contributed by atoms with Crippen molar-refractivity contribution in [3.63, 3.8) is 0 Å². The summed E-state index contributed by atoms with van der Waals surface area (Å²) in [7, 11) is 0. The number of carbonyl (C=O) groups excluding carboxylic acids is 1. The van der Waals surface area contributed by atoms with E-state index in [1.165, 1.54) is 0 Å². The van der Waals surface area contributed by atoms with Gasteiger partial charge in [0.15, 0.2) is 0 Å². The van der Waals surface area contributed by atoms with Crippen molar-refractivity contribution in [2.45, 2.75) is 6.92 Å². The van der Waals surface area contributed by atoms with E-state index >= 15 is 0 Å². The Kier molecular flexibility index (Phi) is 3.43. The van der Waals surface area contributed by atoms with E-state index < -0.39 is 17.7 Å². The second kappa shape index (κ2) is 4.59. The molecule has 1 amide bonds. The molecule has 0 aromatic heterocycles. The van der Waals surface area contributed by atoms with Crippen molar-refractivity contribution >= 4 is 17.5 Å². The predicted molar refractivity (Wildman–Crippen MR) is 51.4 cm³/mol. The van der Waals surface area contributed by atoms with Gasteiger partial charge >= 0.3 is 6.09 Å². The van der Waals surface area contributed by atoms with Gasteiger partial charge in [-0.3, -0.25) is 5.32 Å². The Morgan fingerprint density at radius 2 is 2.13 bits per heavy atom. The third kappa shape index (κ3) is 2.80. The van der Waals surface area contributed by atoms with E-state index in [2.05, 4.69) is 10.1 Å². The van der Waals surface area contributed by atoms with E-state index in [9.17, 15) is 13.6 Å². The molecule has 1 aromatic carbocycles. The summed E-state index contributed by atoms with van der Waals surface area (Å²) in [5.74, 6) is -1.78. The van der Waals surface area contributed by atoms with Crippen LogP contribution in [-0.4, -0.2) is 12.7 Å². The summed E-state index contributed by atoms with van der Waals surface area (Å²) in [6.07, 6.45) is -0.817. The zero-order valence-corrected chi connectivity index (χ0v) is 8.01. The molecule has 0 saturated carbocycles. The number of ether oxygens (including phenoxy) is 1. The average Bonchev–Trinajstić information content (AvgIpc) is 2.14. The Bertz CT molecular complexity index is 383. The molecule has 1 rings (SSSR count). The molecule has 6 heteroatoms. The second-order valence-corrected chi connectivity index (χ2v) is 2.70. The molecule has 3 N–H and O–H groups in total. The smallest absolute Gasteiger partial charge is 0.411 e. The van der Waals surface area contributed by atoms with Gasteiger partial charge in [-0.05, 0) is 13.0 Å². The number of hydrogen-bond acceptors (Lipinski definition) is 3. The summed E-state index contributed by atoms with van der Waals surface area (Å²) in [5.41, 5.74) is 4.74. The summed E-state index contributed by atoms with van der Waals surface area (Å²) in [6, 6.07) is 1.58. The molecule has 0 bridgehead atoms. The normalized spacial score (nSPS) is 9.80. The lowest BCUT2D eigenvalue weighted by Crippen LogP contribution is -2.14. The van der Waals surface area contributed by atoms with Gasteiger partial charge in [-0.15, -0.1) is 0 Å². The average molecular weight is 216 g/mol. The van der Waals surface area contributed by atoms with Crippen LogP contribution in [0.15, 0.2) is 12.1 Å². The SMILES string of the molecule is CCOC(=O)Nc1cc(N)c(F)cc1F. The van der Waals surface area contributed by atoms with Gasteiger partial charge in [-0.1, -0.05) is 0 Å². The van der Waals surface area contributed by atoms with Gasteiger partial charge in [0.1, 0.15) is 11.6 Å². The molecule has 1 aromatic rings. The van der Waals surface area contributed by atoms with Gasteiger partial charge in [0.25, 0.3) is 0 Å². The monoisotopic (exact) mass is 216 g/mol. The first-order chi connectivity index (χ1) is 7.04. The van der Waals surface area contributed by atoms with Crippen LogP contribution in [0, 0.1) is 11.6 Å². The van der Waals surface area contributed by atoms with Crippen molar-refractivity contribution in [1.29, 1.82) is 0 Å². The molecule has 15 heavy (non-hydrogen) atoms. The molecule has 0 aliphatic rings. The summed E-state index contributed by atoms with van der Waals surface area (Å²) < 4.78 is 30.3. The van der Waals surface area contributed by atoms with Crippen LogP contribution in [0.1, 0.15) is 6.92 Å². The zero-order valence-electron chi connectivity index (χ0n) is 8.01. The van der Waals surface area contributed by atoms with E-state index in [0.717, 1.165) is 6.07 Å². The van der Waals surface area contributed by atoms with Crippen molar-refractivity contribution in [2.24, 2.45) is 0 Å². The van der Waals surface area contributed by atoms with Crippen molar-refractivity contribution in [3.8, 4) is 0 Å². The number of nitrogens with two attached hydrogens (primary N) is 1. The Labute approximate surface area is 85.0 Å². The first-order valence-corrected chi connectivity index (χ1v) is 4.23.